The van der Waals surface area contributed by atoms with Crippen LogP contribution in [-0.2, 0) is 19.4 Å². The number of anilines is 1. The lowest BCUT2D eigenvalue weighted by atomic mass is 9.90. The second-order valence-electron chi connectivity index (χ2n) is 6.93. The molecule has 0 spiro atoms. The molecule has 1 aliphatic heterocycles. The molecule has 0 fully saturated rings. The van der Waals surface area contributed by atoms with Crippen LogP contribution in [0.2, 0.25) is 5.02 Å². The number of carbonyl (C=O) groups excluding carboxylic acids is 2. The number of halogens is 1. The molecule has 31 heavy (non-hydrogen) atoms. The fourth-order valence-corrected chi connectivity index (χ4v) is 6.40. The molecule has 0 saturated carbocycles. The van der Waals surface area contributed by atoms with E-state index in [2.05, 4.69) is 5.32 Å². The Morgan fingerprint density at radius 1 is 1.16 bits per heavy atom. The summed E-state index contributed by atoms with van der Waals surface area (Å²) in [5.74, 6) is -0.670. The Bertz CT molecular complexity index is 1250. The molecule has 1 atom stereocenters. The first-order valence-electron chi connectivity index (χ1n) is 9.18. The summed E-state index contributed by atoms with van der Waals surface area (Å²) in [6.45, 7) is -0.230. The van der Waals surface area contributed by atoms with E-state index in [0.717, 1.165) is 10.4 Å². The van der Waals surface area contributed by atoms with Crippen molar-refractivity contribution in [2.75, 3.05) is 11.9 Å². The van der Waals surface area contributed by atoms with Crippen molar-refractivity contribution >= 4 is 50.3 Å². The van der Waals surface area contributed by atoms with Gasteiger partial charge in [-0.3, -0.25) is 9.59 Å². The highest BCUT2D eigenvalue weighted by molar-refractivity contribution is 7.91. The predicted octanol–water partition coefficient (Wildman–Crippen LogP) is 3.57. The molecule has 7 nitrogen and oxygen atoms in total. The van der Waals surface area contributed by atoms with Crippen molar-refractivity contribution < 1.29 is 22.7 Å². The maximum Gasteiger partial charge on any atom is 0.255 e. The summed E-state index contributed by atoms with van der Waals surface area (Å²) < 4.78 is 31.6. The molecule has 0 saturated heterocycles. The highest BCUT2D eigenvalue weighted by Crippen LogP contribution is 2.46. The number of nitrogens with one attached hydrogen (secondary N) is 1. The van der Waals surface area contributed by atoms with E-state index in [4.69, 9.17) is 22.1 Å². The minimum atomic E-state index is -3.83. The van der Waals surface area contributed by atoms with Gasteiger partial charge in [0.05, 0.1) is 10.6 Å². The number of primary amides is 1. The number of carbonyl (C=O) groups is 2. The zero-order valence-electron chi connectivity index (χ0n) is 16.0. The normalized spacial score (nSPS) is 15.8. The summed E-state index contributed by atoms with van der Waals surface area (Å²) in [4.78, 5) is 24.2. The summed E-state index contributed by atoms with van der Waals surface area (Å²) in [6, 6.07) is 12.8. The van der Waals surface area contributed by atoms with Gasteiger partial charge in [0.15, 0.2) is 6.61 Å². The molecule has 0 aliphatic carbocycles. The van der Waals surface area contributed by atoms with Crippen LogP contribution in [0.1, 0.15) is 22.8 Å². The van der Waals surface area contributed by atoms with Crippen LogP contribution in [0.15, 0.2) is 63.7 Å². The molecule has 3 aromatic rings. The number of fused-ring (bicyclic) bond motifs is 1. The number of sulfone groups is 1. The number of benzene rings is 2. The minimum Gasteiger partial charge on any atom is -0.484 e. The van der Waals surface area contributed by atoms with E-state index >= 15 is 0 Å². The van der Waals surface area contributed by atoms with E-state index in [1.807, 2.05) is 0 Å². The molecular formula is C21H17ClN2O5S2. The number of nitrogens with two attached hydrogens (primary N) is 1. The summed E-state index contributed by atoms with van der Waals surface area (Å²) in [5.41, 5.74) is 6.23. The van der Waals surface area contributed by atoms with Crippen LogP contribution in [0.5, 0.6) is 5.75 Å². The molecule has 0 radical (unpaired) electrons. The van der Waals surface area contributed by atoms with Crippen LogP contribution in [-0.4, -0.2) is 26.8 Å². The topological polar surface area (TPSA) is 116 Å². The standard InChI is InChI=1S/C21H17ClN2O5S2/c22-13-3-7-15(8-4-13)31(27,28)17-11-30-21-16(9-19(26)24-20(17)21)12-1-5-14(6-2-12)29-10-18(23)25/h1-8,11,16H,9-10H2,(H2,23,25)(H,24,26)/t16-/m1/s1. The van der Waals surface area contributed by atoms with Crippen LogP contribution < -0.4 is 15.8 Å². The molecule has 2 amide bonds. The summed E-state index contributed by atoms with van der Waals surface area (Å²) in [7, 11) is -3.83. The molecular weight excluding hydrogens is 460 g/mol. The second kappa shape index (κ2) is 8.33. The molecule has 0 bridgehead atoms. The number of hydrogen-bond donors (Lipinski definition) is 2. The molecule has 2 heterocycles. The molecule has 2 aromatic carbocycles. The van der Waals surface area contributed by atoms with Crippen LogP contribution in [0, 0.1) is 0 Å². The SMILES string of the molecule is NC(=O)COc1ccc([C@H]2CC(=O)Nc3c(S(=O)(=O)c4ccc(Cl)cc4)csc32)cc1. The van der Waals surface area contributed by atoms with Crippen LogP contribution in [0.3, 0.4) is 0 Å². The van der Waals surface area contributed by atoms with Gasteiger partial charge in [0.25, 0.3) is 5.91 Å². The van der Waals surface area contributed by atoms with Crippen molar-refractivity contribution in [2.45, 2.75) is 22.1 Å². The van der Waals surface area contributed by atoms with E-state index in [-0.39, 0.29) is 34.6 Å². The molecule has 0 unspecified atom stereocenters. The Hall–Kier alpha value is -2.88. The Morgan fingerprint density at radius 3 is 2.48 bits per heavy atom. The molecule has 10 heteroatoms. The average molecular weight is 477 g/mol. The van der Waals surface area contributed by atoms with Gasteiger partial charge in [0, 0.05) is 27.6 Å². The third-order valence-corrected chi connectivity index (χ3v) is 8.12. The Balaban J connectivity index is 1.69. The van der Waals surface area contributed by atoms with Crippen LogP contribution in [0.4, 0.5) is 5.69 Å². The van der Waals surface area contributed by atoms with Gasteiger partial charge in [-0.1, -0.05) is 23.7 Å². The quantitative estimate of drug-likeness (QED) is 0.564. The van der Waals surface area contributed by atoms with Gasteiger partial charge in [0.1, 0.15) is 10.6 Å². The number of amides is 2. The van der Waals surface area contributed by atoms with E-state index in [1.165, 1.54) is 35.6 Å². The second-order valence-corrected chi connectivity index (χ2v) is 10.2. The fourth-order valence-electron chi connectivity index (χ4n) is 3.36. The van der Waals surface area contributed by atoms with E-state index in [0.29, 0.717) is 16.5 Å². The zero-order chi connectivity index (χ0) is 22.2. The first-order valence-corrected chi connectivity index (χ1v) is 11.9. The molecule has 3 N–H and O–H groups in total. The highest BCUT2D eigenvalue weighted by atomic mass is 35.5. The summed E-state index contributed by atoms with van der Waals surface area (Å²) in [6.07, 6.45) is 0.190. The number of ether oxygens (including phenoxy) is 1. The van der Waals surface area contributed by atoms with Gasteiger partial charge >= 0.3 is 0 Å². The van der Waals surface area contributed by atoms with Gasteiger partial charge in [-0.2, -0.15) is 0 Å². The van der Waals surface area contributed by atoms with Crippen LogP contribution >= 0.6 is 22.9 Å². The number of thiophene rings is 1. The van der Waals surface area contributed by atoms with Gasteiger partial charge in [-0.25, -0.2) is 8.42 Å². The zero-order valence-corrected chi connectivity index (χ0v) is 18.4. The lowest BCUT2D eigenvalue weighted by Gasteiger charge is -2.24. The number of rotatable bonds is 6. The molecule has 160 valence electrons. The Kier molecular flexibility index (Phi) is 5.74. The largest absolute Gasteiger partial charge is 0.484 e. The lowest BCUT2D eigenvalue weighted by molar-refractivity contribution is -0.120. The van der Waals surface area contributed by atoms with Crippen LogP contribution in [0.25, 0.3) is 0 Å². The van der Waals surface area contributed by atoms with E-state index in [9.17, 15) is 18.0 Å². The maximum atomic E-state index is 13.2. The first-order chi connectivity index (χ1) is 14.8. The summed E-state index contributed by atoms with van der Waals surface area (Å²) >= 11 is 7.16. The van der Waals surface area contributed by atoms with Crippen molar-refractivity contribution in [3.63, 3.8) is 0 Å². The molecule has 1 aromatic heterocycles. The van der Waals surface area contributed by atoms with E-state index in [1.54, 1.807) is 29.6 Å². The van der Waals surface area contributed by atoms with Crippen molar-refractivity contribution in [2.24, 2.45) is 5.73 Å². The molecule has 4 rings (SSSR count). The monoisotopic (exact) mass is 476 g/mol. The maximum absolute atomic E-state index is 13.2. The smallest absolute Gasteiger partial charge is 0.255 e. The predicted molar refractivity (Wildman–Crippen MR) is 117 cm³/mol. The van der Waals surface area contributed by atoms with Crippen molar-refractivity contribution in [1.82, 2.24) is 0 Å². The molecule has 1 aliphatic rings. The van der Waals surface area contributed by atoms with Gasteiger partial charge in [0.2, 0.25) is 15.7 Å². The van der Waals surface area contributed by atoms with Gasteiger partial charge < -0.3 is 15.8 Å². The highest BCUT2D eigenvalue weighted by Gasteiger charge is 2.34. The summed E-state index contributed by atoms with van der Waals surface area (Å²) in [5, 5.41) is 4.72. The minimum absolute atomic E-state index is 0.0642. The van der Waals surface area contributed by atoms with Crippen molar-refractivity contribution in [1.29, 1.82) is 0 Å². The number of hydrogen-bond acceptors (Lipinski definition) is 6. The van der Waals surface area contributed by atoms with E-state index < -0.39 is 15.7 Å². The fraction of sp³-hybridized carbons (Fsp3) is 0.143. The Morgan fingerprint density at radius 2 is 1.84 bits per heavy atom. The Labute approximate surface area is 187 Å². The first kappa shape index (κ1) is 21.4. The van der Waals surface area contributed by atoms with Crippen molar-refractivity contribution in [3.8, 4) is 5.75 Å². The third kappa shape index (κ3) is 4.30. The van der Waals surface area contributed by atoms with Gasteiger partial charge in [-0.05, 0) is 42.0 Å². The van der Waals surface area contributed by atoms with Crippen molar-refractivity contribution in [3.05, 3.63) is 69.4 Å². The average Bonchev–Trinajstić information content (AvgIpc) is 3.17. The lowest BCUT2D eigenvalue weighted by Crippen LogP contribution is -2.23. The third-order valence-electron chi connectivity index (χ3n) is 4.83. The van der Waals surface area contributed by atoms with Gasteiger partial charge in [-0.15, -0.1) is 11.3 Å².